The number of methoxy groups -OCH3 is 1. The SMILES string of the molecule is CNCCNC(=O)Oc1cccc(OC)c1. The fourth-order valence-electron chi connectivity index (χ4n) is 1.10. The second kappa shape index (κ2) is 6.68. The molecule has 1 amide bonds. The van der Waals surface area contributed by atoms with Crippen molar-refractivity contribution in [3.63, 3.8) is 0 Å². The standard InChI is InChI=1S/C11H16N2O3/c1-12-6-7-13-11(14)16-10-5-3-4-9(8-10)15-2/h3-5,8,12H,6-7H2,1-2H3,(H,13,14). The summed E-state index contributed by atoms with van der Waals surface area (Å²) in [4.78, 5) is 11.3. The van der Waals surface area contributed by atoms with Gasteiger partial charge in [-0.25, -0.2) is 4.79 Å². The van der Waals surface area contributed by atoms with Crippen LogP contribution in [0.2, 0.25) is 0 Å². The molecule has 0 aliphatic carbocycles. The van der Waals surface area contributed by atoms with E-state index >= 15 is 0 Å². The van der Waals surface area contributed by atoms with Crippen molar-refractivity contribution in [2.75, 3.05) is 27.2 Å². The number of rotatable bonds is 5. The Hall–Kier alpha value is -1.75. The highest BCUT2D eigenvalue weighted by atomic mass is 16.6. The molecule has 5 nitrogen and oxygen atoms in total. The molecule has 0 saturated heterocycles. The summed E-state index contributed by atoms with van der Waals surface area (Å²) in [5.74, 6) is 1.11. The van der Waals surface area contributed by atoms with E-state index in [1.807, 2.05) is 7.05 Å². The number of amides is 1. The van der Waals surface area contributed by atoms with Crippen molar-refractivity contribution in [3.05, 3.63) is 24.3 Å². The summed E-state index contributed by atoms with van der Waals surface area (Å²) in [6.45, 7) is 1.23. The Kier molecular flexibility index (Phi) is 5.15. The van der Waals surface area contributed by atoms with Crippen molar-refractivity contribution in [3.8, 4) is 11.5 Å². The minimum absolute atomic E-state index is 0.460. The topological polar surface area (TPSA) is 59.6 Å². The first-order valence-electron chi connectivity index (χ1n) is 5.00. The fourth-order valence-corrected chi connectivity index (χ4v) is 1.10. The molecule has 0 heterocycles. The first-order valence-corrected chi connectivity index (χ1v) is 5.00. The van der Waals surface area contributed by atoms with Gasteiger partial charge in [0.2, 0.25) is 0 Å². The van der Waals surface area contributed by atoms with Gasteiger partial charge >= 0.3 is 6.09 Å². The Balaban J connectivity index is 2.43. The molecule has 16 heavy (non-hydrogen) atoms. The molecule has 88 valence electrons. The number of hydrogen-bond acceptors (Lipinski definition) is 4. The van der Waals surface area contributed by atoms with E-state index in [4.69, 9.17) is 9.47 Å². The largest absolute Gasteiger partial charge is 0.497 e. The smallest absolute Gasteiger partial charge is 0.412 e. The van der Waals surface area contributed by atoms with Crippen LogP contribution in [0, 0.1) is 0 Å². The summed E-state index contributed by atoms with van der Waals surface area (Å²) in [7, 11) is 3.38. The maximum Gasteiger partial charge on any atom is 0.412 e. The predicted octanol–water partition coefficient (Wildman–Crippen LogP) is 1.00. The van der Waals surface area contributed by atoms with E-state index in [0.717, 1.165) is 0 Å². The lowest BCUT2D eigenvalue weighted by Gasteiger charge is -2.07. The van der Waals surface area contributed by atoms with Crippen LogP contribution in [-0.2, 0) is 0 Å². The molecule has 0 saturated carbocycles. The zero-order valence-electron chi connectivity index (χ0n) is 9.45. The molecular formula is C11H16N2O3. The zero-order chi connectivity index (χ0) is 11.8. The minimum Gasteiger partial charge on any atom is -0.497 e. The molecule has 1 aromatic carbocycles. The van der Waals surface area contributed by atoms with Gasteiger partial charge in [0.25, 0.3) is 0 Å². The molecule has 0 bridgehead atoms. The van der Waals surface area contributed by atoms with Crippen molar-refractivity contribution in [2.24, 2.45) is 0 Å². The summed E-state index contributed by atoms with van der Waals surface area (Å²) in [6.07, 6.45) is -0.469. The van der Waals surface area contributed by atoms with Crippen LogP contribution in [0.15, 0.2) is 24.3 Å². The van der Waals surface area contributed by atoms with Gasteiger partial charge in [0.15, 0.2) is 0 Å². The molecule has 1 aromatic rings. The molecule has 0 aromatic heterocycles. The maximum atomic E-state index is 11.3. The van der Waals surface area contributed by atoms with Crippen LogP contribution in [0.25, 0.3) is 0 Å². The number of likely N-dealkylation sites (N-methyl/N-ethyl adjacent to an activating group) is 1. The van der Waals surface area contributed by atoms with Gasteiger partial charge < -0.3 is 20.1 Å². The van der Waals surface area contributed by atoms with Gasteiger partial charge in [-0.1, -0.05) is 6.07 Å². The zero-order valence-corrected chi connectivity index (χ0v) is 9.45. The summed E-state index contributed by atoms with van der Waals surface area (Å²) >= 11 is 0. The molecule has 0 aliphatic rings. The lowest BCUT2D eigenvalue weighted by molar-refractivity contribution is 0.200. The second-order valence-electron chi connectivity index (χ2n) is 3.10. The van der Waals surface area contributed by atoms with E-state index in [1.54, 1.807) is 31.4 Å². The Bertz CT molecular complexity index is 342. The van der Waals surface area contributed by atoms with Crippen molar-refractivity contribution >= 4 is 6.09 Å². The molecule has 0 radical (unpaired) electrons. The van der Waals surface area contributed by atoms with E-state index in [0.29, 0.717) is 24.6 Å². The fraction of sp³-hybridized carbons (Fsp3) is 0.364. The molecular weight excluding hydrogens is 208 g/mol. The molecule has 0 aliphatic heterocycles. The van der Waals surface area contributed by atoms with Crippen LogP contribution in [0.4, 0.5) is 4.79 Å². The van der Waals surface area contributed by atoms with Gasteiger partial charge in [0.05, 0.1) is 7.11 Å². The van der Waals surface area contributed by atoms with Gasteiger partial charge in [0, 0.05) is 19.2 Å². The molecule has 1 rings (SSSR count). The number of hydrogen-bond donors (Lipinski definition) is 2. The van der Waals surface area contributed by atoms with Crippen molar-refractivity contribution in [1.82, 2.24) is 10.6 Å². The predicted molar refractivity (Wildman–Crippen MR) is 60.9 cm³/mol. The summed E-state index contributed by atoms with van der Waals surface area (Å²) < 4.78 is 10.1. The first kappa shape index (κ1) is 12.3. The maximum absolute atomic E-state index is 11.3. The minimum atomic E-state index is -0.469. The number of nitrogens with one attached hydrogen (secondary N) is 2. The highest BCUT2D eigenvalue weighted by Gasteiger charge is 2.03. The third kappa shape index (κ3) is 4.18. The second-order valence-corrected chi connectivity index (χ2v) is 3.10. The summed E-state index contributed by atoms with van der Waals surface area (Å²) in [5.41, 5.74) is 0. The van der Waals surface area contributed by atoms with Crippen LogP contribution >= 0.6 is 0 Å². The lowest BCUT2D eigenvalue weighted by Crippen LogP contribution is -2.32. The van der Waals surface area contributed by atoms with E-state index in [-0.39, 0.29) is 0 Å². The number of ether oxygens (including phenoxy) is 2. The molecule has 0 fully saturated rings. The quantitative estimate of drug-likeness (QED) is 0.733. The van der Waals surface area contributed by atoms with Crippen LogP contribution in [-0.4, -0.2) is 33.3 Å². The van der Waals surface area contributed by atoms with Gasteiger partial charge in [-0.15, -0.1) is 0 Å². The van der Waals surface area contributed by atoms with E-state index in [1.165, 1.54) is 0 Å². The normalized spacial score (nSPS) is 9.62. The van der Waals surface area contributed by atoms with Crippen molar-refractivity contribution in [2.45, 2.75) is 0 Å². The van der Waals surface area contributed by atoms with E-state index in [2.05, 4.69) is 10.6 Å². The Morgan fingerprint density at radius 3 is 2.75 bits per heavy atom. The Morgan fingerprint density at radius 1 is 1.31 bits per heavy atom. The number of benzene rings is 1. The molecule has 0 spiro atoms. The first-order chi connectivity index (χ1) is 7.76. The van der Waals surface area contributed by atoms with Crippen molar-refractivity contribution in [1.29, 1.82) is 0 Å². The number of carbonyl (C=O) groups is 1. The van der Waals surface area contributed by atoms with Gasteiger partial charge in [-0.3, -0.25) is 0 Å². The van der Waals surface area contributed by atoms with Crippen molar-refractivity contribution < 1.29 is 14.3 Å². The van der Waals surface area contributed by atoms with E-state index in [9.17, 15) is 4.79 Å². The number of carbonyl (C=O) groups excluding carboxylic acids is 1. The highest BCUT2D eigenvalue weighted by molar-refractivity contribution is 5.70. The van der Waals surface area contributed by atoms with Crippen LogP contribution in [0.1, 0.15) is 0 Å². The van der Waals surface area contributed by atoms with Gasteiger partial charge in [0.1, 0.15) is 11.5 Å². The monoisotopic (exact) mass is 224 g/mol. The Labute approximate surface area is 94.7 Å². The Morgan fingerprint density at radius 2 is 2.06 bits per heavy atom. The third-order valence-corrected chi connectivity index (χ3v) is 1.90. The lowest BCUT2D eigenvalue weighted by atomic mass is 10.3. The van der Waals surface area contributed by atoms with Crippen LogP contribution in [0.5, 0.6) is 11.5 Å². The molecule has 0 unspecified atom stereocenters. The highest BCUT2D eigenvalue weighted by Crippen LogP contribution is 2.18. The molecule has 0 atom stereocenters. The summed E-state index contributed by atoms with van der Waals surface area (Å²) in [6, 6.07) is 6.89. The third-order valence-electron chi connectivity index (χ3n) is 1.90. The van der Waals surface area contributed by atoms with Crippen LogP contribution < -0.4 is 20.1 Å². The van der Waals surface area contributed by atoms with Gasteiger partial charge in [-0.05, 0) is 19.2 Å². The molecule has 2 N–H and O–H groups in total. The summed E-state index contributed by atoms with van der Waals surface area (Å²) in [5, 5.41) is 5.52. The van der Waals surface area contributed by atoms with Crippen LogP contribution in [0.3, 0.4) is 0 Å². The average molecular weight is 224 g/mol. The van der Waals surface area contributed by atoms with E-state index < -0.39 is 6.09 Å². The average Bonchev–Trinajstić information content (AvgIpc) is 2.29. The molecule has 5 heteroatoms. The van der Waals surface area contributed by atoms with Gasteiger partial charge in [-0.2, -0.15) is 0 Å².